The maximum Gasteiger partial charge on any atom is 0.312 e. The van der Waals surface area contributed by atoms with Crippen LogP contribution in [-0.2, 0) is 10.0 Å². The Morgan fingerprint density at radius 2 is 1.79 bits per heavy atom. The van der Waals surface area contributed by atoms with Crippen molar-refractivity contribution in [2.45, 2.75) is 114 Å². The van der Waals surface area contributed by atoms with Crippen molar-refractivity contribution in [2.75, 3.05) is 42.9 Å². The van der Waals surface area contributed by atoms with Gasteiger partial charge in [-0.3, -0.25) is 19.8 Å². The molecule has 2 aromatic carbocycles. The number of fused-ring (bicyclic) bond motifs is 1. The van der Waals surface area contributed by atoms with Gasteiger partial charge in [0, 0.05) is 62.8 Å². The molecule has 350 valence electrons. The molecule has 5 heterocycles. The van der Waals surface area contributed by atoms with E-state index in [0.29, 0.717) is 48.6 Å². The first kappa shape index (κ1) is 45.5. The summed E-state index contributed by atoms with van der Waals surface area (Å²) in [4.78, 5) is 41.2. The minimum Gasteiger partial charge on any atom is -0.455 e. The average molecular weight is 923 g/mol. The fourth-order valence-corrected chi connectivity index (χ4v) is 11.8. The summed E-state index contributed by atoms with van der Waals surface area (Å²) in [6.45, 7) is 12.1. The molecule has 2 aliphatic heterocycles. The number of anilines is 2. The lowest BCUT2D eigenvalue weighted by atomic mass is 9.70. The third kappa shape index (κ3) is 9.21. The van der Waals surface area contributed by atoms with Crippen molar-refractivity contribution in [1.82, 2.24) is 24.6 Å². The van der Waals surface area contributed by atoms with E-state index in [4.69, 9.17) is 4.74 Å². The molecule has 0 radical (unpaired) electrons. The van der Waals surface area contributed by atoms with Crippen molar-refractivity contribution in [3.05, 3.63) is 105 Å². The molecule has 17 heteroatoms. The Balaban J connectivity index is 0.917. The molecular weight excluding hydrogens is 864 g/mol. The number of H-pyrrole nitrogens is 1. The molecule has 66 heavy (non-hydrogen) atoms. The van der Waals surface area contributed by atoms with Crippen molar-refractivity contribution in [3.8, 4) is 11.5 Å². The van der Waals surface area contributed by atoms with Crippen LogP contribution in [0.1, 0.15) is 118 Å². The lowest BCUT2D eigenvalue weighted by Crippen LogP contribution is -2.63. The monoisotopic (exact) mass is 922 g/mol. The molecule has 1 spiro atoms. The van der Waals surface area contributed by atoms with Crippen LogP contribution in [0, 0.1) is 34.2 Å². The van der Waals surface area contributed by atoms with Crippen LogP contribution in [-0.4, -0.2) is 88.6 Å². The summed E-state index contributed by atoms with van der Waals surface area (Å²) >= 11 is 0. The number of ether oxygens (including phenoxy) is 1. The first-order valence-corrected chi connectivity index (χ1v) is 24.7. The normalized spacial score (nSPS) is 23.3. The van der Waals surface area contributed by atoms with Crippen LogP contribution in [0.15, 0.2) is 71.9 Å². The number of carbonyl (C=O) groups excluding carboxylic acids is 1. The first-order valence-electron chi connectivity index (χ1n) is 23.2. The highest BCUT2D eigenvalue weighted by Crippen LogP contribution is 2.49. The van der Waals surface area contributed by atoms with E-state index in [1.54, 1.807) is 26.0 Å². The highest BCUT2D eigenvalue weighted by molar-refractivity contribution is 7.90. The Kier molecular flexibility index (Phi) is 12.3. The zero-order chi connectivity index (χ0) is 46.5. The largest absolute Gasteiger partial charge is 0.455 e. The SMILES string of the molecule is Cc1nc2[nH]cc(F)c2cc1Oc1cc(N2CCC3(CC2)CN([C@H]2CCC[C@H]2c2ccccc2C(C)C)C3)ccc1C(=O)NS(=O)(=O)c1cnc(NCC2CCC(C)(O)CC2)c([N+](=O)[O-])c1. The fraction of sp³-hybridized carbons (Fsp3) is 0.490. The smallest absolute Gasteiger partial charge is 0.312 e. The summed E-state index contributed by atoms with van der Waals surface area (Å²) in [5.74, 6) is -0.296. The molecule has 4 N–H and O–H groups in total. The van der Waals surface area contributed by atoms with E-state index in [9.17, 15) is 32.8 Å². The Bertz CT molecular complexity index is 2750. The number of piperidine rings is 1. The summed E-state index contributed by atoms with van der Waals surface area (Å²) in [5, 5.41) is 25.6. The maximum atomic E-state index is 14.7. The standard InChI is InChI=1S/C49H59FN8O7S/c1-30(2)35-8-5-6-9-36(35)37-10-7-11-41(37)57-28-49(29-57)18-20-56(21-19-49)33-12-13-38(44(22-33)65-43-24-39-40(50)27-53-45(39)54-31(43)3)47(59)55-66(63,64)34-23-42(58(61)62)46(52-26-34)51-25-32-14-16-48(4,60)17-15-32/h5-6,8-9,12-13,22-24,26-27,30,32,37,41,60H,7,10-11,14-21,25,28-29H2,1-4H3,(H,51,52)(H,53,54)(H,55,59)/t32?,37-,41-,48?/m0/s1. The highest BCUT2D eigenvalue weighted by Gasteiger charge is 2.49. The number of hydrogen-bond donors (Lipinski definition) is 4. The molecule has 0 unspecified atom stereocenters. The van der Waals surface area contributed by atoms with Crippen LogP contribution in [0.25, 0.3) is 11.0 Å². The number of carbonyl (C=O) groups is 1. The van der Waals surface area contributed by atoms with Gasteiger partial charge in [-0.1, -0.05) is 44.5 Å². The number of aromatic nitrogens is 3. The molecule has 5 aromatic rings. The van der Waals surface area contributed by atoms with E-state index in [-0.39, 0.29) is 39.6 Å². The summed E-state index contributed by atoms with van der Waals surface area (Å²) in [6.07, 6.45) is 10.5. The number of nitrogens with zero attached hydrogens (tertiary/aromatic N) is 5. The number of nitro groups is 1. The van der Waals surface area contributed by atoms with Crippen LogP contribution in [0.4, 0.5) is 21.6 Å². The van der Waals surface area contributed by atoms with Gasteiger partial charge in [-0.25, -0.2) is 27.5 Å². The first-order chi connectivity index (χ1) is 31.5. The molecule has 2 saturated carbocycles. The number of nitrogens with one attached hydrogen (secondary N) is 3. The number of benzene rings is 2. The fourth-order valence-electron chi connectivity index (χ4n) is 10.8. The van der Waals surface area contributed by atoms with E-state index in [1.807, 2.05) is 0 Å². The van der Waals surface area contributed by atoms with E-state index in [2.05, 4.69) is 72.9 Å². The molecule has 3 aromatic heterocycles. The molecule has 4 fully saturated rings. The number of pyridine rings is 2. The topological polar surface area (TPSA) is 196 Å². The van der Waals surface area contributed by atoms with Crippen LogP contribution in [0.5, 0.6) is 11.5 Å². The predicted molar refractivity (Wildman–Crippen MR) is 250 cm³/mol. The molecule has 0 bridgehead atoms. The van der Waals surface area contributed by atoms with Crippen LogP contribution >= 0.6 is 0 Å². The lowest BCUT2D eigenvalue weighted by molar-refractivity contribution is -0.384. The van der Waals surface area contributed by atoms with Gasteiger partial charge < -0.3 is 25.0 Å². The quantitative estimate of drug-likeness (QED) is 0.0648. The van der Waals surface area contributed by atoms with Crippen LogP contribution in [0.2, 0.25) is 0 Å². The predicted octanol–water partition coefficient (Wildman–Crippen LogP) is 8.94. The van der Waals surface area contributed by atoms with Gasteiger partial charge in [0.15, 0.2) is 0 Å². The molecule has 15 nitrogen and oxygen atoms in total. The highest BCUT2D eigenvalue weighted by atomic mass is 32.2. The second kappa shape index (κ2) is 17.9. The number of aryl methyl sites for hydroxylation is 1. The molecule has 2 atom stereocenters. The number of amides is 1. The Labute approximate surface area is 384 Å². The van der Waals surface area contributed by atoms with Crippen molar-refractivity contribution < 1.29 is 32.4 Å². The van der Waals surface area contributed by atoms with E-state index in [0.717, 1.165) is 69.8 Å². The second-order valence-corrected chi connectivity index (χ2v) is 21.4. The summed E-state index contributed by atoms with van der Waals surface area (Å²) in [6, 6.07) is 16.8. The van der Waals surface area contributed by atoms with Crippen molar-refractivity contribution in [2.24, 2.45) is 11.3 Å². The minimum atomic E-state index is -4.69. The van der Waals surface area contributed by atoms with Gasteiger partial charge in [0.05, 0.1) is 33.4 Å². The lowest BCUT2D eigenvalue weighted by Gasteiger charge is -2.57. The van der Waals surface area contributed by atoms with Gasteiger partial charge in [-0.05, 0) is 118 Å². The van der Waals surface area contributed by atoms with E-state index < -0.39 is 42.9 Å². The van der Waals surface area contributed by atoms with Gasteiger partial charge >= 0.3 is 5.69 Å². The third-order valence-electron chi connectivity index (χ3n) is 14.7. The maximum absolute atomic E-state index is 14.7. The van der Waals surface area contributed by atoms with Crippen molar-refractivity contribution in [1.29, 1.82) is 0 Å². The number of rotatable bonds is 13. The van der Waals surface area contributed by atoms with E-state index >= 15 is 0 Å². The van der Waals surface area contributed by atoms with Gasteiger partial charge in [0.1, 0.15) is 27.9 Å². The Morgan fingerprint density at radius 3 is 2.52 bits per heavy atom. The third-order valence-corrected chi connectivity index (χ3v) is 16.0. The number of likely N-dealkylation sites (tertiary alicyclic amines) is 1. The number of sulfonamides is 1. The Hall–Kier alpha value is -5.65. The molecule has 2 aliphatic carbocycles. The van der Waals surface area contributed by atoms with E-state index in [1.165, 1.54) is 48.7 Å². The number of hydrogen-bond acceptors (Lipinski definition) is 12. The van der Waals surface area contributed by atoms with Gasteiger partial charge in [0.25, 0.3) is 15.9 Å². The molecule has 2 saturated heterocycles. The summed E-state index contributed by atoms with van der Waals surface area (Å²) in [5.41, 5.74) is 3.27. The molecule has 4 aliphatic rings. The number of halogens is 1. The Morgan fingerprint density at radius 1 is 1.05 bits per heavy atom. The average Bonchev–Trinajstić information content (AvgIpc) is 3.91. The van der Waals surface area contributed by atoms with Crippen molar-refractivity contribution >= 4 is 44.2 Å². The number of aliphatic hydroxyl groups is 1. The van der Waals surface area contributed by atoms with Gasteiger partial charge in [0.2, 0.25) is 5.82 Å². The second-order valence-electron chi connectivity index (χ2n) is 19.7. The summed E-state index contributed by atoms with van der Waals surface area (Å²) in [7, 11) is -4.69. The van der Waals surface area contributed by atoms with Crippen molar-refractivity contribution in [3.63, 3.8) is 0 Å². The zero-order valence-corrected chi connectivity index (χ0v) is 38.8. The van der Waals surface area contributed by atoms with Gasteiger partial charge in [-0.15, -0.1) is 0 Å². The molecular formula is C49H59FN8O7S. The van der Waals surface area contributed by atoms with Crippen LogP contribution in [0.3, 0.4) is 0 Å². The molecule has 9 rings (SSSR count). The summed E-state index contributed by atoms with van der Waals surface area (Å²) < 4.78 is 50.7. The van der Waals surface area contributed by atoms with Crippen LogP contribution < -0.4 is 19.7 Å². The number of aromatic amines is 1. The zero-order valence-electron chi connectivity index (χ0n) is 38.0. The van der Waals surface area contributed by atoms with Gasteiger partial charge in [-0.2, -0.15) is 0 Å². The minimum absolute atomic E-state index is 0.0253. The molecule has 1 amide bonds.